The van der Waals surface area contributed by atoms with Crippen molar-refractivity contribution in [3.63, 3.8) is 0 Å². The number of H-pyrrole nitrogens is 1. The molecule has 0 aliphatic heterocycles. The topological polar surface area (TPSA) is 28.7 Å². The van der Waals surface area contributed by atoms with Gasteiger partial charge in [-0.2, -0.15) is 11.3 Å². The van der Waals surface area contributed by atoms with Gasteiger partial charge in [0.1, 0.15) is 5.82 Å². The van der Waals surface area contributed by atoms with Crippen LogP contribution in [0.3, 0.4) is 0 Å². The molecule has 0 aliphatic carbocycles. The van der Waals surface area contributed by atoms with Crippen LogP contribution in [0.5, 0.6) is 0 Å². The van der Waals surface area contributed by atoms with E-state index < -0.39 is 0 Å². The van der Waals surface area contributed by atoms with E-state index >= 15 is 0 Å². The number of nitrogens with one attached hydrogen (secondary N) is 1. The lowest BCUT2D eigenvalue weighted by molar-refractivity contribution is 1.02. The molecular formula is C9H10N2S. The molecule has 2 heterocycles. The highest BCUT2D eigenvalue weighted by molar-refractivity contribution is 7.07. The van der Waals surface area contributed by atoms with Gasteiger partial charge in [0.2, 0.25) is 0 Å². The standard InChI is InChI=1S/C9H10N2S/c1-7-5-10-9(11-7)4-8-2-3-12-6-8/h2-3,5-6H,4H2,1H3,(H,10,11). The van der Waals surface area contributed by atoms with Crippen LogP contribution in [0.1, 0.15) is 17.1 Å². The summed E-state index contributed by atoms with van der Waals surface area (Å²) in [5, 5.41) is 4.24. The van der Waals surface area contributed by atoms with Gasteiger partial charge < -0.3 is 4.98 Å². The number of aromatic nitrogens is 2. The molecule has 2 aromatic rings. The Bertz CT molecular complexity index is 348. The average molecular weight is 178 g/mol. The van der Waals surface area contributed by atoms with Crippen LogP contribution in [-0.2, 0) is 6.42 Å². The monoisotopic (exact) mass is 178 g/mol. The number of aryl methyl sites for hydroxylation is 1. The molecular weight excluding hydrogens is 168 g/mol. The van der Waals surface area contributed by atoms with Crippen molar-refractivity contribution in [2.75, 3.05) is 0 Å². The smallest absolute Gasteiger partial charge is 0.110 e. The van der Waals surface area contributed by atoms with Gasteiger partial charge in [0, 0.05) is 18.3 Å². The number of rotatable bonds is 2. The molecule has 0 spiro atoms. The second kappa shape index (κ2) is 3.11. The molecule has 0 saturated heterocycles. The summed E-state index contributed by atoms with van der Waals surface area (Å²) in [7, 11) is 0. The Morgan fingerprint density at radius 2 is 2.50 bits per heavy atom. The molecule has 2 aromatic heterocycles. The molecule has 2 nitrogen and oxygen atoms in total. The molecule has 62 valence electrons. The summed E-state index contributed by atoms with van der Waals surface area (Å²) in [5.41, 5.74) is 2.45. The van der Waals surface area contributed by atoms with Crippen LogP contribution < -0.4 is 0 Å². The lowest BCUT2D eigenvalue weighted by Gasteiger charge is -1.91. The third-order valence-electron chi connectivity index (χ3n) is 1.71. The first-order valence-corrected chi connectivity index (χ1v) is 4.80. The normalized spacial score (nSPS) is 10.4. The van der Waals surface area contributed by atoms with Crippen molar-refractivity contribution in [3.05, 3.63) is 40.1 Å². The largest absolute Gasteiger partial charge is 0.346 e. The highest BCUT2D eigenvalue weighted by atomic mass is 32.1. The van der Waals surface area contributed by atoms with E-state index in [-0.39, 0.29) is 0 Å². The molecule has 0 saturated carbocycles. The quantitative estimate of drug-likeness (QED) is 0.751. The summed E-state index contributed by atoms with van der Waals surface area (Å²) < 4.78 is 0. The van der Waals surface area contributed by atoms with Gasteiger partial charge in [-0.1, -0.05) is 0 Å². The Labute approximate surface area is 75.3 Å². The molecule has 0 amide bonds. The van der Waals surface area contributed by atoms with E-state index in [2.05, 4.69) is 26.8 Å². The van der Waals surface area contributed by atoms with Crippen LogP contribution in [0.4, 0.5) is 0 Å². The molecule has 0 fully saturated rings. The Balaban J connectivity index is 2.14. The van der Waals surface area contributed by atoms with Crippen LogP contribution in [-0.4, -0.2) is 9.97 Å². The first-order valence-electron chi connectivity index (χ1n) is 3.86. The fourth-order valence-electron chi connectivity index (χ4n) is 1.14. The second-order valence-electron chi connectivity index (χ2n) is 2.82. The minimum absolute atomic E-state index is 0.914. The summed E-state index contributed by atoms with van der Waals surface area (Å²) in [6.07, 6.45) is 2.78. The van der Waals surface area contributed by atoms with Crippen molar-refractivity contribution in [2.24, 2.45) is 0 Å². The summed E-state index contributed by atoms with van der Waals surface area (Å²) >= 11 is 1.72. The molecule has 0 unspecified atom stereocenters. The van der Waals surface area contributed by atoms with Crippen LogP contribution in [0.2, 0.25) is 0 Å². The number of imidazole rings is 1. The van der Waals surface area contributed by atoms with Crippen molar-refractivity contribution in [1.82, 2.24) is 9.97 Å². The first-order chi connectivity index (χ1) is 5.84. The maximum atomic E-state index is 4.24. The van der Waals surface area contributed by atoms with E-state index in [1.165, 1.54) is 5.56 Å². The van der Waals surface area contributed by atoms with E-state index in [1.807, 2.05) is 13.1 Å². The summed E-state index contributed by atoms with van der Waals surface area (Å²) in [6.45, 7) is 2.02. The van der Waals surface area contributed by atoms with Gasteiger partial charge in [-0.05, 0) is 29.3 Å². The molecule has 0 atom stereocenters. The van der Waals surface area contributed by atoms with Crippen molar-refractivity contribution in [1.29, 1.82) is 0 Å². The van der Waals surface area contributed by atoms with Crippen LogP contribution in [0, 0.1) is 6.92 Å². The van der Waals surface area contributed by atoms with Gasteiger partial charge in [0.05, 0.1) is 0 Å². The zero-order valence-corrected chi connectivity index (χ0v) is 7.69. The molecule has 0 bridgehead atoms. The lowest BCUT2D eigenvalue weighted by Crippen LogP contribution is -1.87. The minimum atomic E-state index is 0.914. The number of thiophene rings is 1. The molecule has 0 radical (unpaired) electrons. The maximum absolute atomic E-state index is 4.24. The van der Waals surface area contributed by atoms with Gasteiger partial charge in [0.15, 0.2) is 0 Å². The van der Waals surface area contributed by atoms with Gasteiger partial charge in [0.25, 0.3) is 0 Å². The Morgan fingerprint density at radius 1 is 1.58 bits per heavy atom. The molecule has 3 heteroatoms. The van der Waals surface area contributed by atoms with E-state index in [9.17, 15) is 0 Å². The third kappa shape index (κ3) is 1.56. The Hall–Kier alpha value is -1.09. The second-order valence-corrected chi connectivity index (χ2v) is 3.60. The fourth-order valence-corrected chi connectivity index (χ4v) is 1.81. The highest BCUT2D eigenvalue weighted by Crippen LogP contribution is 2.10. The molecule has 12 heavy (non-hydrogen) atoms. The zero-order chi connectivity index (χ0) is 8.39. The SMILES string of the molecule is Cc1cnc(Cc2ccsc2)[nH]1. The van der Waals surface area contributed by atoms with E-state index in [4.69, 9.17) is 0 Å². The average Bonchev–Trinajstić information content (AvgIpc) is 2.63. The van der Waals surface area contributed by atoms with Crippen LogP contribution in [0.15, 0.2) is 23.0 Å². The van der Waals surface area contributed by atoms with Gasteiger partial charge in [-0.15, -0.1) is 0 Å². The van der Waals surface area contributed by atoms with Crippen molar-refractivity contribution < 1.29 is 0 Å². The highest BCUT2D eigenvalue weighted by Gasteiger charge is 1.98. The van der Waals surface area contributed by atoms with E-state index in [0.717, 1.165) is 17.9 Å². The van der Waals surface area contributed by atoms with E-state index in [1.54, 1.807) is 11.3 Å². The summed E-state index contributed by atoms with van der Waals surface area (Å²) in [6, 6.07) is 2.13. The zero-order valence-electron chi connectivity index (χ0n) is 6.87. The van der Waals surface area contributed by atoms with Crippen molar-refractivity contribution >= 4 is 11.3 Å². The van der Waals surface area contributed by atoms with Crippen LogP contribution >= 0.6 is 11.3 Å². The van der Waals surface area contributed by atoms with Crippen LogP contribution in [0.25, 0.3) is 0 Å². The lowest BCUT2D eigenvalue weighted by atomic mass is 10.2. The molecule has 0 aromatic carbocycles. The Morgan fingerprint density at radius 3 is 3.08 bits per heavy atom. The molecule has 2 rings (SSSR count). The number of nitrogens with zero attached hydrogens (tertiary/aromatic N) is 1. The minimum Gasteiger partial charge on any atom is -0.346 e. The first kappa shape index (κ1) is 7.55. The fraction of sp³-hybridized carbons (Fsp3) is 0.222. The number of hydrogen-bond acceptors (Lipinski definition) is 2. The van der Waals surface area contributed by atoms with Crippen molar-refractivity contribution in [3.8, 4) is 0 Å². The van der Waals surface area contributed by atoms with Gasteiger partial charge in [-0.25, -0.2) is 4.98 Å². The molecule has 1 N–H and O–H groups in total. The van der Waals surface area contributed by atoms with Crippen molar-refractivity contribution in [2.45, 2.75) is 13.3 Å². The summed E-state index contributed by atoms with van der Waals surface area (Å²) in [4.78, 5) is 7.45. The predicted octanol–water partition coefficient (Wildman–Crippen LogP) is 2.37. The van der Waals surface area contributed by atoms with Gasteiger partial charge in [-0.3, -0.25) is 0 Å². The predicted molar refractivity (Wildman–Crippen MR) is 50.4 cm³/mol. The van der Waals surface area contributed by atoms with E-state index in [0.29, 0.717) is 0 Å². The molecule has 0 aliphatic rings. The number of hydrogen-bond donors (Lipinski definition) is 1. The maximum Gasteiger partial charge on any atom is 0.110 e. The summed E-state index contributed by atoms with van der Waals surface area (Å²) in [5.74, 6) is 1.05. The number of aromatic amines is 1. The third-order valence-corrected chi connectivity index (χ3v) is 2.44. The van der Waals surface area contributed by atoms with Gasteiger partial charge >= 0.3 is 0 Å². The Kier molecular flexibility index (Phi) is 1.96.